The third-order valence-electron chi connectivity index (χ3n) is 9.60. The van der Waals surface area contributed by atoms with Crippen LogP contribution in [-0.2, 0) is 32.7 Å². The van der Waals surface area contributed by atoms with E-state index in [0.29, 0.717) is 17.4 Å². The van der Waals surface area contributed by atoms with Gasteiger partial charge >= 0.3 is 19.8 Å². The van der Waals surface area contributed by atoms with Crippen molar-refractivity contribution >= 4 is 19.8 Å². The van der Waals surface area contributed by atoms with Gasteiger partial charge in [-0.05, 0) is 44.9 Å². The summed E-state index contributed by atoms with van der Waals surface area (Å²) in [6.45, 7) is 5.92. The molecular formula is C44H85NO8P+. The summed E-state index contributed by atoms with van der Waals surface area (Å²) in [4.78, 5) is 35.3. The van der Waals surface area contributed by atoms with Crippen molar-refractivity contribution in [2.75, 3.05) is 47.5 Å². The maximum absolute atomic E-state index is 12.7. The smallest absolute Gasteiger partial charge is 0.462 e. The van der Waals surface area contributed by atoms with E-state index in [9.17, 15) is 19.0 Å². The predicted molar refractivity (Wildman–Crippen MR) is 224 cm³/mol. The monoisotopic (exact) mass is 787 g/mol. The first-order valence-corrected chi connectivity index (χ1v) is 23.5. The Morgan fingerprint density at radius 1 is 0.611 bits per heavy atom. The summed E-state index contributed by atoms with van der Waals surface area (Å²) in [5.74, 6) is -0.799. The SMILES string of the molecule is C=CCCCCCCCCCCCCCCCC(=O)OC[C@H](COP(=O)(O)OCC[N+](C)(C)C)OC(=O)CCCCCCCCCCC/C=C/CCCC. The Hall–Kier alpha value is -1.51. The van der Waals surface area contributed by atoms with Gasteiger partial charge in [0.15, 0.2) is 6.10 Å². The summed E-state index contributed by atoms with van der Waals surface area (Å²) in [7, 11) is 1.48. The zero-order valence-corrected chi connectivity index (χ0v) is 36.4. The third kappa shape index (κ3) is 40.2. The van der Waals surface area contributed by atoms with Crippen molar-refractivity contribution < 1.29 is 42.1 Å². The normalized spacial score (nSPS) is 13.6. The van der Waals surface area contributed by atoms with E-state index in [4.69, 9.17) is 18.5 Å². The van der Waals surface area contributed by atoms with E-state index in [0.717, 1.165) is 44.9 Å². The number of esters is 2. The Bertz CT molecular complexity index is 967. The number of carbonyl (C=O) groups is 2. The average Bonchev–Trinajstić information content (AvgIpc) is 3.12. The first kappa shape index (κ1) is 52.5. The molecule has 0 rings (SSSR count). The number of likely N-dealkylation sites (N-methyl/N-ethyl adjacent to an activating group) is 1. The molecule has 1 N–H and O–H groups in total. The zero-order valence-electron chi connectivity index (χ0n) is 35.6. The first-order chi connectivity index (χ1) is 26.0. The van der Waals surface area contributed by atoms with Crippen LogP contribution in [0.3, 0.4) is 0 Å². The van der Waals surface area contributed by atoms with Crippen molar-refractivity contribution in [2.24, 2.45) is 0 Å². The Balaban J connectivity index is 4.32. The summed E-state index contributed by atoms with van der Waals surface area (Å²) in [6, 6.07) is 0. The molecule has 0 aliphatic carbocycles. The topological polar surface area (TPSA) is 108 Å². The summed E-state index contributed by atoms with van der Waals surface area (Å²) >= 11 is 0. The predicted octanol–water partition coefficient (Wildman–Crippen LogP) is 12.4. The second-order valence-electron chi connectivity index (χ2n) is 16.2. The Kier molecular flexibility index (Phi) is 36.1. The van der Waals surface area contributed by atoms with Crippen molar-refractivity contribution in [2.45, 2.75) is 199 Å². The number of nitrogens with zero attached hydrogens (tertiary/aromatic N) is 1. The number of allylic oxidation sites excluding steroid dienone is 3. The van der Waals surface area contributed by atoms with E-state index in [1.165, 1.54) is 122 Å². The quantitative estimate of drug-likeness (QED) is 0.0215. The lowest BCUT2D eigenvalue weighted by molar-refractivity contribution is -0.870. The standard InChI is InChI=1S/C44H84NO8P/c1-6-8-10-12-14-16-18-20-22-24-26-28-30-32-34-36-43(46)50-40-42(41-52-54(48,49)51-39-38-45(3,4)5)53-44(47)37-35-33-31-29-27-25-23-21-19-17-15-13-11-9-7-2/h6,13,15,42H,1,7-12,14,16-41H2,2-5H3/p+1/b15-13+/t42-/m1/s1. The molecule has 0 radical (unpaired) electrons. The van der Waals surface area contributed by atoms with E-state index < -0.39 is 26.5 Å². The molecule has 1 unspecified atom stereocenters. The average molecular weight is 787 g/mol. The minimum atomic E-state index is -4.37. The zero-order chi connectivity index (χ0) is 40.0. The molecule has 0 saturated heterocycles. The summed E-state index contributed by atoms with van der Waals surface area (Å²) in [6.07, 6.45) is 38.2. The molecule has 0 aliphatic heterocycles. The van der Waals surface area contributed by atoms with E-state index in [1.54, 1.807) is 0 Å². The van der Waals surface area contributed by atoms with Gasteiger partial charge in [0.1, 0.15) is 19.8 Å². The summed E-state index contributed by atoms with van der Waals surface area (Å²) in [5.41, 5.74) is 0. The lowest BCUT2D eigenvalue weighted by atomic mass is 10.0. The van der Waals surface area contributed by atoms with E-state index in [1.807, 2.05) is 27.2 Å². The van der Waals surface area contributed by atoms with Gasteiger partial charge in [0.05, 0.1) is 27.7 Å². The molecule has 0 amide bonds. The highest BCUT2D eigenvalue weighted by Crippen LogP contribution is 2.43. The van der Waals surface area contributed by atoms with E-state index in [-0.39, 0.29) is 32.0 Å². The lowest BCUT2D eigenvalue weighted by Gasteiger charge is -2.24. The second kappa shape index (κ2) is 37.1. The number of unbranched alkanes of at least 4 members (excludes halogenated alkanes) is 24. The maximum atomic E-state index is 12.7. The van der Waals surface area contributed by atoms with Crippen LogP contribution in [0.4, 0.5) is 0 Å². The molecule has 0 aromatic carbocycles. The molecule has 318 valence electrons. The van der Waals surface area contributed by atoms with Crippen LogP contribution in [0, 0.1) is 0 Å². The number of hydrogen-bond acceptors (Lipinski definition) is 7. The molecule has 10 heteroatoms. The van der Waals surface area contributed by atoms with Crippen molar-refractivity contribution in [3.05, 3.63) is 24.8 Å². The van der Waals surface area contributed by atoms with Crippen LogP contribution in [0.15, 0.2) is 24.8 Å². The highest BCUT2D eigenvalue weighted by atomic mass is 31.2. The number of carbonyl (C=O) groups excluding carboxylic acids is 2. The molecule has 0 aromatic heterocycles. The van der Waals surface area contributed by atoms with Gasteiger partial charge in [0.25, 0.3) is 0 Å². The van der Waals surface area contributed by atoms with Gasteiger partial charge in [0.2, 0.25) is 0 Å². The lowest BCUT2D eigenvalue weighted by Crippen LogP contribution is -2.37. The molecule has 2 atom stereocenters. The summed E-state index contributed by atoms with van der Waals surface area (Å²) in [5, 5.41) is 0. The van der Waals surface area contributed by atoms with Crippen LogP contribution >= 0.6 is 7.82 Å². The molecule has 54 heavy (non-hydrogen) atoms. The molecule has 0 heterocycles. The van der Waals surface area contributed by atoms with Crippen LogP contribution in [0.25, 0.3) is 0 Å². The number of phosphoric acid groups is 1. The molecule has 0 saturated carbocycles. The van der Waals surface area contributed by atoms with Crippen molar-refractivity contribution in [1.29, 1.82) is 0 Å². The Morgan fingerprint density at radius 2 is 1.04 bits per heavy atom. The fourth-order valence-electron chi connectivity index (χ4n) is 6.09. The van der Waals surface area contributed by atoms with Crippen LogP contribution in [-0.4, -0.2) is 74.9 Å². The van der Waals surface area contributed by atoms with Crippen LogP contribution in [0.5, 0.6) is 0 Å². The second-order valence-corrected chi connectivity index (χ2v) is 17.6. The Labute approximate surface area is 332 Å². The van der Waals surface area contributed by atoms with Crippen LogP contribution in [0.2, 0.25) is 0 Å². The van der Waals surface area contributed by atoms with Gasteiger partial charge < -0.3 is 18.9 Å². The maximum Gasteiger partial charge on any atom is 0.472 e. The minimum absolute atomic E-state index is 0.0322. The number of rotatable bonds is 41. The number of ether oxygens (including phenoxy) is 2. The van der Waals surface area contributed by atoms with Crippen LogP contribution in [0.1, 0.15) is 193 Å². The van der Waals surface area contributed by atoms with Gasteiger partial charge in [0, 0.05) is 12.8 Å². The van der Waals surface area contributed by atoms with Gasteiger partial charge in [-0.1, -0.05) is 154 Å². The van der Waals surface area contributed by atoms with Gasteiger partial charge in [-0.15, -0.1) is 6.58 Å². The largest absolute Gasteiger partial charge is 0.472 e. The molecule has 0 bridgehead atoms. The highest BCUT2D eigenvalue weighted by molar-refractivity contribution is 7.47. The first-order valence-electron chi connectivity index (χ1n) is 22.0. The molecule has 0 aromatic rings. The minimum Gasteiger partial charge on any atom is -0.462 e. The molecule has 0 fully saturated rings. The van der Waals surface area contributed by atoms with Crippen LogP contribution < -0.4 is 0 Å². The number of hydrogen-bond donors (Lipinski definition) is 1. The Morgan fingerprint density at radius 3 is 1.50 bits per heavy atom. The van der Waals surface area contributed by atoms with Crippen molar-refractivity contribution in [1.82, 2.24) is 0 Å². The van der Waals surface area contributed by atoms with E-state index >= 15 is 0 Å². The number of quaternary nitrogens is 1. The third-order valence-corrected chi connectivity index (χ3v) is 10.6. The van der Waals surface area contributed by atoms with Crippen molar-refractivity contribution in [3.8, 4) is 0 Å². The van der Waals surface area contributed by atoms with Crippen molar-refractivity contribution in [3.63, 3.8) is 0 Å². The summed E-state index contributed by atoms with van der Waals surface area (Å²) < 4.78 is 34.3. The molecule has 0 aliphatic rings. The molecule has 0 spiro atoms. The fraction of sp³-hybridized carbons (Fsp3) is 0.864. The van der Waals surface area contributed by atoms with Gasteiger partial charge in [-0.2, -0.15) is 0 Å². The highest BCUT2D eigenvalue weighted by Gasteiger charge is 2.27. The fourth-order valence-corrected chi connectivity index (χ4v) is 6.83. The van der Waals surface area contributed by atoms with E-state index in [2.05, 4.69) is 25.7 Å². The van der Waals surface area contributed by atoms with Gasteiger partial charge in [-0.3, -0.25) is 18.6 Å². The van der Waals surface area contributed by atoms with Gasteiger partial charge in [-0.25, -0.2) is 4.57 Å². The molecular weight excluding hydrogens is 701 g/mol. The number of phosphoric ester groups is 1. The molecule has 9 nitrogen and oxygen atoms in total.